The van der Waals surface area contributed by atoms with E-state index in [0.29, 0.717) is 18.4 Å². The number of hydrogen-bond donors (Lipinski definition) is 2. The van der Waals surface area contributed by atoms with Crippen LogP contribution in [0.4, 0.5) is 0 Å². The summed E-state index contributed by atoms with van der Waals surface area (Å²) in [6, 6.07) is 0. The zero-order chi connectivity index (χ0) is 9.68. The second-order valence-electron chi connectivity index (χ2n) is 4.03. The maximum atomic E-state index is 9.30. The molecule has 0 saturated carbocycles. The number of hydrogen-bond acceptors (Lipinski definition) is 3. The molecule has 1 aliphatic rings. The third-order valence-corrected chi connectivity index (χ3v) is 2.88. The van der Waals surface area contributed by atoms with Crippen molar-refractivity contribution < 1.29 is 9.84 Å². The van der Waals surface area contributed by atoms with Gasteiger partial charge in [0.15, 0.2) is 0 Å². The minimum Gasteiger partial charge on any atom is -0.393 e. The van der Waals surface area contributed by atoms with Gasteiger partial charge < -0.3 is 15.6 Å². The third kappa shape index (κ3) is 3.63. The second-order valence-corrected chi connectivity index (χ2v) is 4.03. The molecule has 13 heavy (non-hydrogen) atoms. The zero-order valence-corrected chi connectivity index (χ0v) is 8.41. The highest BCUT2D eigenvalue weighted by molar-refractivity contribution is 4.75. The van der Waals surface area contributed by atoms with Crippen LogP contribution >= 0.6 is 0 Å². The van der Waals surface area contributed by atoms with Crippen LogP contribution in [0.2, 0.25) is 0 Å². The van der Waals surface area contributed by atoms with Crippen LogP contribution in [0.3, 0.4) is 0 Å². The molecule has 1 heterocycles. The van der Waals surface area contributed by atoms with Gasteiger partial charge in [0.2, 0.25) is 0 Å². The molecule has 3 nitrogen and oxygen atoms in total. The van der Waals surface area contributed by atoms with Gasteiger partial charge in [0.1, 0.15) is 0 Å². The van der Waals surface area contributed by atoms with Gasteiger partial charge in [-0.1, -0.05) is 0 Å². The Bertz CT molecular complexity index is 133. The van der Waals surface area contributed by atoms with Crippen LogP contribution in [0.25, 0.3) is 0 Å². The van der Waals surface area contributed by atoms with E-state index in [-0.39, 0.29) is 6.10 Å². The first-order valence-corrected chi connectivity index (χ1v) is 5.20. The monoisotopic (exact) mass is 187 g/mol. The first-order chi connectivity index (χ1) is 6.24. The highest BCUT2D eigenvalue weighted by atomic mass is 16.5. The van der Waals surface area contributed by atoms with Crippen molar-refractivity contribution in [3.8, 4) is 0 Å². The Kier molecular flexibility index (Phi) is 4.70. The predicted octanol–water partition coefficient (Wildman–Crippen LogP) is 0.759. The van der Waals surface area contributed by atoms with Crippen molar-refractivity contribution >= 4 is 0 Å². The molecule has 0 aliphatic carbocycles. The Morgan fingerprint density at radius 2 is 2.08 bits per heavy atom. The van der Waals surface area contributed by atoms with Crippen LogP contribution in [0.5, 0.6) is 0 Å². The molecule has 1 rings (SSSR count). The standard InChI is InChI=1S/C10H21NO2/c1-8(12)6-10(7-11)9-2-4-13-5-3-9/h8-10,12H,2-7,11H2,1H3. The summed E-state index contributed by atoms with van der Waals surface area (Å²) >= 11 is 0. The summed E-state index contributed by atoms with van der Waals surface area (Å²) in [5, 5.41) is 9.30. The summed E-state index contributed by atoms with van der Waals surface area (Å²) < 4.78 is 5.30. The topological polar surface area (TPSA) is 55.5 Å². The number of rotatable bonds is 4. The average Bonchev–Trinajstić information content (AvgIpc) is 2.15. The van der Waals surface area contributed by atoms with Crippen LogP contribution in [0.1, 0.15) is 26.2 Å². The fourth-order valence-electron chi connectivity index (χ4n) is 2.11. The molecule has 1 fully saturated rings. The fourth-order valence-corrected chi connectivity index (χ4v) is 2.11. The van der Waals surface area contributed by atoms with E-state index < -0.39 is 0 Å². The highest BCUT2D eigenvalue weighted by Gasteiger charge is 2.23. The molecule has 1 aliphatic heterocycles. The Hall–Kier alpha value is -0.120. The van der Waals surface area contributed by atoms with E-state index >= 15 is 0 Å². The predicted molar refractivity (Wildman–Crippen MR) is 52.4 cm³/mol. The van der Waals surface area contributed by atoms with Gasteiger partial charge in [-0.15, -0.1) is 0 Å². The minimum absolute atomic E-state index is 0.226. The summed E-state index contributed by atoms with van der Waals surface area (Å²) in [4.78, 5) is 0. The lowest BCUT2D eigenvalue weighted by Gasteiger charge is -2.30. The summed E-state index contributed by atoms with van der Waals surface area (Å²) in [6.45, 7) is 4.25. The summed E-state index contributed by atoms with van der Waals surface area (Å²) in [7, 11) is 0. The molecule has 2 unspecified atom stereocenters. The first-order valence-electron chi connectivity index (χ1n) is 5.20. The molecule has 0 aromatic rings. The van der Waals surface area contributed by atoms with E-state index in [1.165, 1.54) is 0 Å². The van der Waals surface area contributed by atoms with Crippen molar-refractivity contribution in [1.82, 2.24) is 0 Å². The molecule has 78 valence electrons. The Morgan fingerprint density at radius 1 is 1.46 bits per heavy atom. The van der Waals surface area contributed by atoms with Crippen molar-refractivity contribution in [3.63, 3.8) is 0 Å². The van der Waals surface area contributed by atoms with Crippen LogP contribution in [-0.4, -0.2) is 31.0 Å². The van der Waals surface area contributed by atoms with E-state index in [1.807, 2.05) is 6.92 Å². The fraction of sp³-hybridized carbons (Fsp3) is 1.00. The van der Waals surface area contributed by atoms with Crippen LogP contribution < -0.4 is 5.73 Å². The lowest BCUT2D eigenvalue weighted by Crippen LogP contribution is -2.30. The van der Waals surface area contributed by atoms with E-state index in [9.17, 15) is 5.11 Å². The van der Waals surface area contributed by atoms with Crippen molar-refractivity contribution in [1.29, 1.82) is 0 Å². The van der Waals surface area contributed by atoms with Gasteiger partial charge in [-0.2, -0.15) is 0 Å². The molecular weight excluding hydrogens is 166 g/mol. The molecule has 3 heteroatoms. The highest BCUT2D eigenvalue weighted by Crippen LogP contribution is 2.26. The first kappa shape index (κ1) is 11.0. The number of nitrogens with two attached hydrogens (primary N) is 1. The minimum atomic E-state index is -0.226. The number of ether oxygens (including phenoxy) is 1. The van der Waals surface area contributed by atoms with E-state index in [4.69, 9.17) is 10.5 Å². The van der Waals surface area contributed by atoms with E-state index in [2.05, 4.69) is 0 Å². The van der Waals surface area contributed by atoms with Gasteiger partial charge in [-0.3, -0.25) is 0 Å². The van der Waals surface area contributed by atoms with Gasteiger partial charge >= 0.3 is 0 Å². The molecule has 0 aromatic carbocycles. The lowest BCUT2D eigenvalue weighted by atomic mass is 9.83. The van der Waals surface area contributed by atoms with Crippen LogP contribution in [0, 0.1) is 11.8 Å². The van der Waals surface area contributed by atoms with Crippen molar-refractivity contribution in [2.75, 3.05) is 19.8 Å². The number of aliphatic hydroxyl groups is 1. The Balaban J connectivity index is 2.34. The molecule has 0 aromatic heterocycles. The second kappa shape index (κ2) is 5.58. The molecule has 3 N–H and O–H groups in total. The maximum Gasteiger partial charge on any atom is 0.0515 e. The quantitative estimate of drug-likeness (QED) is 0.683. The average molecular weight is 187 g/mol. The molecule has 0 spiro atoms. The molecular formula is C10H21NO2. The van der Waals surface area contributed by atoms with Crippen molar-refractivity contribution in [2.45, 2.75) is 32.3 Å². The van der Waals surface area contributed by atoms with Gasteiger partial charge in [0.25, 0.3) is 0 Å². The summed E-state index contributed by atoms with van der Waals surface area (Å²) in [5.74, 6) is 1.14. The Labute approximate surface area is 80.3 Å². The maximum absolute atomic E-state index is 9.30. The molecule has 1 saturated heterocycles. The van der Waals surface area contributed by atoms with E-state index in [0.717, 1.165) is 32.5 Å². The molecule has 2 atom stereocenters. The summed E-state index contributed by atoms with van der Waals surface area (Å²) in [6.07, 6.45) is 2.82. The van der Waals surface area contributed by atoms with Gasteiger partial charge in [0.05, 0.1) is 6.10 Å². The SMILES string of the molecule is CC(O)CC(CN)C1CCOCC1. The zero-order valence-electron chi connectivity index (χ0n) is 8.41. The molecule has 0 radical (unpaired) electrons. The Morgan fingerprint density at radius 3 is 2.54 bits per heavy atom. The van der Waals surface area contributed by atoms with Crippen LogP contribution in [0.15, 0.2) is 0 Å². The van der Waals surface area contributed by atoms with Crippen LogP contribution in [-0.2, 0) is 4.74 Å². The normalized spacial score (nSPS) is 24.2. The van der Waals surface area contributed by atoms with E-state index in [1.54, 1.807) is 0 Å². The van der Waals surface area contributed by atoms with Gasteiger partial charge in [-0.25, -0.2) is 0 Å². The number of aliphatic hydroxyl groups excluding tert-OH is 1. The molecule has 0 amide bonds. The van der Waals surface area contributed by atoms with Crippen molar-refractivity contribution in [2.24, 2.45) is 17.6 Å². The van der Waals surface area contributed by atoms with Crippen molar-refractivity contribution in [3.05, 3.63) is 0 Å². The molecule has 0 bridgehead atoms. The third-order valence-electron chi connectivity index (χ3n) is 2.88. The van der Waals surface area contributed by atoms with Gasteiger partial charge in [-0.05, 0) is 44.6 Å². The smallest absolute Gasteiger partial charge is 0.0515 e. The summed E-state index contributed by atoms with van der Waals surface area (Å²) in [5.41, 5.74) is 5.70. The van der Waals surface area contributed by atoms with Gasteiger partial charge in [0, 0.05) is 13.2 Å². The lowest BCUT2D eigenvalue weighted by molar-refractivity contribution is 0.0365. The largest absolute Gasteiger partial charge is 0.393 e.